The van der Waals surface area contributed by atoms with E-state index in [2.05, 4.69) is 14.3 Å². The first kappa shape index (κ1) is 17.4. The third-order valence-electron chi connectivity index (χ3n) is 3.78. The minimum Gasteiger partial charge on any atom is -0.343 e. The summed E-state index contributed by atoms with van der Waals surface area (Å²) in [5.74, 6) is 0.197. The summed E-state index contributed by atoms with van der Waals surface area (Å²) < 4.78 is 17.3. The second kappa shape index (κ2) is 7.63. The predicted molar refractivity (Wildman–Crippen MR) is 93.4 cm³/mol. The summed E-state index contributed by atoms with van der Waals surface area (Å²) in [6.45, 7) is 2.44. The normalized spacial score (nSPS) is 15.2. The van der Waals surface area contributed by atoms with E-state index in [1.807, 2.05) is 0 Å². The quantitative estimate of drug-likeness (QED) is 0.755. The molecule has 1 fully saturated rings. The van der Waals surface area contributed by atoms with E-state index in [1.165, 1.54) is 23.7 Å². The van der Waals surface area contributed by atoms with E-state index < -0.39 is 4.84 Å². The van der Waals surface area contributed by atoms with Crippen LogP contribution in [0.4, 0.5) is 9.52 Å². The first-order valence-corrected chi connectivity index (χ1v) is 9.06. The van der Waals surface area contributed by atoms with Crippen molar-refractivity contribution < 1.29 is 9.18 Å². The lowest BCUT2D eigenvalue weighted by atomic mass is 10.1. The zero-order valence-corrected chi connectivity index (χ0v) is 15.0. The number of hydrogen-bond donors (Lipinski definition) is 0. The Morgan fingerprint density at radius 3 is 2.50 bits per heavy atom. The van der Waals surface area contributed by atoms with Gasteiger partial charge in [-0.1, -0.05) is 35.3 Å². The van der Waals surface area contributed by atoms with Crippen LogP contribution in [0.25, 0.3) is 0 Å². The first-order valence-electron chi connectivity index (χ1n) is 7.42. The van der Waals surface area contributed by atoms with Gasteiger partial charge in [-0.05, 0) is 17.7 Å². The molecule has 0 saturated carbocycles. The van der Waals surface area contributed by atoms with Crippen molar-refractivity contribution >= 4 is 45.8 Å². The molecule has 1 aromatic heterocycles. The number of halogens is 3. The Balaban J connectivity index is 1.58. The van der Waals surface area contributed by atoms with Crippen LogP contribution in [0.3, 0.4) is 0 Å². The fraction of sp³-hybridized carbons (Fsp3) is 0.400. The van der Waals surface area contributed by atoms with E-state index in [-0.39, 0.29) is 11.7 Å². The van der Waals surface area contributed by atoms with Crippen LogP contribution >= 0.6 is 34.7 Å². The first-order chi connectivity index (χ1) is 11.5. The van der Waals surface area contributed by atoms with E-state index >= 15 is 0 Å². The highest BCUT2D eigenvalue weighted by atomic mass is 35.5. The number of carbonyl (C=O) groups is 1. The van der Waals surface area contributed by atoms with Crippen LogP contribution in [0.15, 0.2) is 24.3 Å². The summed E-state index contributed by atoms with van der Waals surface area (Å²) in [5, 5.41) is 0.826. The summed E-state index contributed by atoms with van der Waals surface area (Å²) in [4.78, 5) is 19.0. The fourth-order valence-corrected chi connectivity index (χ4v) is 3.50. The smallest absolute Gasteiger partial charge is 0.255 e. The number of amides is 1. The molecule has 1 amide bonds. The lowest BCUT2D eigenvalue weighted by Crippen LogP contribution is -2.50. The molecule has 0 aliphatic carbocycles. The SMILES string of the molecule is O=C(C(Cl)Cl)N1CCN(c2nc(Cc3ccc(F)cc3)ns2)CC1. The van der Waals surface area contributed by atoms with Crippen molar-refractivity contribution in [1.29, 1.82) is 0 Å². The number of carbonyl (C=O) groups excluding carboxylic acids is 1. The lowest BCUT2D eigenvalue weighted by molar-refractivity contribution is -0.129. The number of anilines is 1. The molecule has 1 aromatic carbocycles. The van der Waals surface area contributed by atoms with Crippen LogP contribution in [0.2, 0.25) is 0 Å². The van der Waals surface area contributed by atoms with Crippen molar-refractivity contribution in [1.82, 2.24) is 14.3 Å². The van der Waals surface area contributed by atoms with Gasteiger partial charge in [0.15, 0.2) is 4.84 Å². The Labute approximate surface area is 153 Å². The Hall–Kier alpha value is -1.44. The van der Waals surface area contributed by atoms with Crippen molar-refractivity contribution in [2.75, 3.05) is 31.1 Å². The highest BCUT2D eigenvalue weighted by Gasteiger charge is 2.26. The molecule has 2 aromatic rings. The van der Waals surface area contributed by atoms with E-state index in [9.17, 15) is 9.18 Å². The van der Waals surface area contributed by atoms with Gasteiger partial charge in [0.05, 0.1) is 0 Å². The number of hydrogen-bond acceptors (Lipinski definition) is 5. The number of alkyl halides is 2. The van der Waals surface area contributed by atoms with Crippen LogP contribution in [0, 0.1) is 5.82 Å². The molecule has 1 aliphatic heterocycles. The molecule has 0 N–H and O–H groups in total. The summed E-state index contributed by atoms with van der Waals surface area (Å²) in [6.07, 6.45) is 0.565. The molecule has 24 heavy (non-hydrogen) atoms. The second-order valence-corrected chi connectivity index (χ2v) is 7.24. The molecule has 9 heteroatoms. The zero-order chi connectivity index (χ0) is 17.1. The van der Waals surface area contributed by atoms with Gasteiger partial charge in [0, 0.05) is 44.1 Å². The van der Waals surface area contributed by atoms with Crippen molar-refractivity contribution in [2.45, 2.75) is 11.3 Å². The minimum atomic E-state index is -1.01. The van der Waals surface area contributed by atoms with Gasteiger partial charge in [-0.3, -0.25) is 4.79 Å². The maximum Gasteiger partial charge on any atom is 0.255 e. The van der Waals surface area contributed by atoms with Crippen molar-refractivity contribution in [3.63, 3.8) is 0 Å². The fourth-order valence-electron chi connectivity index (χ4n) is 2.49. The van der Waals surface area contributed by atoms with Gasteiger partial charge in [-0.15, -0.1) is 0 Å². The highest BCUT2D eigenvalue weighted by molar-refractivity contribution is 7.09. The number of aromatic nitrogens is 2. The molecule has 1 aliphatic rings. The number of piperazine rings is 1. The van der Waals surface area contributed by atoms with Crippen LogP contribution in [0.1, 0.15) is 11.4 Å². The topological polar surface area (TPSA) is 49.3 Å². The Morgan fingerprint density at radius 2 is 1.88 bits per heavy atom. The molecule has 0 bridgehead atoms. The largest absolute Gasteiger partial charge is 0.343 e. The molecule has 0 unspecified atom stereocenters. The third kappa shape index (κ3) is 4.15. The Bertz CT molecular complexity index is 702. The van der Waals surface area contributed by atoms with Crippen molar-refractivity contribution in [3.8, 4) is 0 Å². The van der Waals surface area contributed by atoms with Gasteiger partial charge in [-0.25, -0.2) is 9.37 Å². The Morgan fingerprint density at radius 1 is 1.21 bits per heavy atom. The van der Waals surface area contributed by atoms with Crippen molar-refractivity contribution in [3.05, 3.63) is 41.5 Å². The third-order valence-corrected chi connectivity index (χ3v) is 4.97. The monoisotopic (exact) mass is 388 g/mol. The van der Waals surface area contributed by atoms with E-state index in [1.54, 1.807) is 17.0 Å². The molecule has 3 rings (SSSR count). The van der Waals surface area contributed by atoms with Crippen LogP contribution in [0.5, 0.6) is 0 Å². The van der Waals surface area contributed by atoms with Gasteiger partial charge < -0.3 is 9.80 Å². The van der Waals surface area contributed by atoms with Gasteiger partial charge in [0.1, 0.15) is 11.6 Å². The van der Waals surface area contributed by atoms with Gasteiger partial charge in [0.2, 0.25) is 5.13 Å². The van der Waals surface area contributed by atoms with Crippen LogP contribution in [-0.4, -0.2) is 51.2 Å². The summed E-state index contributed by atoms with van der Waals surface area (Å²) in [6, 6.07) is 6.32. The van der Waals surface area contributed by atoms with Crippen LogP contribution < -0.4 is 4.90 Å². The predicted octanol–water partition coefficient (Wildman–Crippen LogP) is 2.72. The molecule has 1 saturated heterocycles. The van der Waals surface area contributed by atoms with E-state index in [0.717, 1.165) is 10.7 Å². The number of benzene rings is 1. The molecular formula is C15H15Cl2FN4OS. The maximum atomic E-state index is 12.9. The van der Waals surface area contributed by atoms with E-state index in [0.29, 0.717) is 38.4 Å². The maximum absolute atomic E-state index is 12.9. The zero-order valence-electron chi connectivity index (χ0n) is 12.7. The standard InChI is InChI=1S/C15H15Cl2FN4OS/c16-13(17)14(23)21-5-7-22(8-6-21)15-19-12(20-24-15)9-10-1-3-11(18)4-2-10/h1-4,13H,5-9H2. The molecule has 2 heterocycles. The van der Waals surface area contributed by atoms with Gasteiger partial charge in [0.25, 0.3) is 5.91 Å². The van der Waals surface area contributed by atoms with Crippen molar-refractivity contribution in [2.24, 2.45) is 0 Å². The molecule has 0 radical (unpaired) electrons. The highest BCUT2D eigenvalue weighted by Crippen LogP contribution is 2.21. The average molecular weight is 389 g/mol. The number of nitrogens with zero attached hydrogens (tertiary/aromatic N) is 4. The molecular weight excluding hydrogens is 374 g/mol. The van der Waals surface area contributed by atoms with Gasteiger partial charge in [-0.2, -0.15) is 4.37 Å². The summed E-state index contributed by atoms with van der Waals surface area (Å²) >= 11 is 12.6. The summed E-state index contributed by atoms with van der Waals surface area (Å²) in [7, 11) is 0. The second-order valence-electron chi connectivity index (χ2n) is 5.41. The summed E-state index contributed by atoms with van der Waals surface area (Å²) in [5.41, 5.74) is 0.964. The van der Waals surface area contributed by atoms with E-state index in [4.69, 9.17) is 23.2 Å². The lowest BCUT2D eigenvalue weighted by Gasteiger charge is -2.34. The number of rotatable bonds is 4. The molecule has 0 atom stereocenters. The molecule has 0 spiro atoms. The minimum absolute atomic E-state index is 0.255. The average Bonchev–Trinajstić information content (AvgIpc) is 3.05. The Kier molecular flexibility index (Phi) is 5.53. The van der Waals surface area contributed by atoms with Crippen LogP contribution in [-0.2, 0) is 11.2 Å². The molecule has 5 nitrogen and oxygen atoms in total. The molecule has 128 valence electrons. The van der Waals surface area contributed by atoms with Gasteiger partial charge >= 0.3 is 0 Å².